The Bertz CT molecular complexity index is 766. The van der Waals surface area contributed by atoms with E-state index < -0.39 is 12.0 Å². The SMILES string of the molecule is COC(CNC(=O)c1nc(N2CCCC2)ncc1Cl)c1ccc(F)cc1. The van der Waals surface area contributed by atoms with Crippen LogP contribution in [-0.2, 0) is 4.74 Å². The molecule has 6 nitrogen and oxygen atoms in total. The zero-order chi connectivity index (χ0) is 18.5. The monoisotopic (exact) mass is 378 g/mol. The molecule has 1 aliphatic rings. The Morgan fingerprint density at radius 3 is 2.69 bits per heavy atom. The molecule has 0 spiro atoms. The fourth-order valence-corrected chi connectivity index (χ4v) is 3.05. The van der Waals surface area contributed by atoms with Crippen molar-refractivity contribution in [1.82, 2.24) is 15.3 Å². The lowest BCUT2D eigenvalue weighted by atomic mass is 10.1. The fraction of sp³-hybridized carbons (Fsp3) is 0.389. The Morgan fingerprint density at radius 2 is 2.04 bits per heavy atom. The van der Waals surface area contributed by atoms with Gasteiger partial charge in [-0.2, -0.15) is 0 Å². The van der Waals surface area contributed by atoms with Crippen molar-refractivity contribution in [2.75, 3.05) is 31.6 Å². The van der Waals surface area contributed by atoms with E-state index in [0.717, 1.165) is 31.5 Å². The van der Waals surface area contributed by atoms with E-state index in [4.69, 9.17) is 16.3 Å². The van der Waals surface area contributed by atoms with Gasteiger partial charge in [-0.05, 0) is 30.5 Å². The lowest BCUT2D eigenvalue weighted by Crippen LogP contribution is -2.31. The van der Waals surface area contributed by atoms with Crippen molar-refractivity contribution in [2.24, 2.45) is 0 Å². The van der Waals surface area contributed by atoms with Crippen LogP contribution in [-0.4, -0.2) is 42.6 Å². The number of hydrogen-bond acceptors (Lipinski definition) is 5. The number of methoxy groups -OCH3 is 1. The molecule has 1 N–H and O–H groups in total. The quantitative estimate of drug-likeness (QED) is 0.837. The van der Waals surface area contributed by atoms with Crippen molar-refractivity contribution in [3.63, 3.8) is 0 Å². The second kappa shape index (κ2) is 8.42. The van der Waals surface area contributed by atoms with Gasteiger partial charge in [0, 0.05) is 26.7 Å². The Kier molecular flexibility index (Phi) is 6.00. The molecule has 1 atom stereocenters. The van der Waals surface area contributed by atoms with E-state index in [-0.39, 0.29) is 23.1 Å². The first kappa shape index (κ1) is 18.5. The summed E-state index contributed by atoms with van der Waals surface area (Å²) in [5.41, 5.74) is 0.901. The number of carbonyl (C=O) groups is 1. The Balaban J connectivity index is 1.68. The molecule has 1 aromatic heterocycles. The van der Waals surface area contributed by atoms with Crippen LogP contribution in [0.3, 0.4) is 0 Å². The Hall–Kier alpha value is -2.25. The van der Waals surface area contributed by atoms with Gasteiger partial charge in [-0.1, -0.05) is 23.7 Å². The molecule has 2 heterocycles. The number of aromatic nitrogens is 2. The number of rotatable bonds is 6. The van der Waals surface area contributed by atoms with Crippen LogP contribution in [0.25, 0.3) is 0 Å². The summed E-state index contributed by atoms with van der Waals surface area (Å²) >= 11 is 6.10. The molecule has 1 aromatic carbocycles. The van der Waals surface area contributed by atoms with Crippen LogP contribution in [0.1, 0.15) is 35.0 Å². The second-order valence-corrected chi connectivity index (χ2v) is 6.45. The molecule has 2 aromatic rings. The van der Waals surface area contributed by atoms with Gasteiger partial charge in [0.1, 0.15) is 5.82 Å². The van der Waals surface area contributed by atoms with Crippen molar-refractivity contribution >= 4 is 23.5 Å². The van der Waals surface area contributed by atoms with Gasteiger partial charge in [0.15, 0.2) is 5.69 Å². The summed E-state index contributed by atoms with van der Waals surface area (Å²) in [4.78, 5) is 23.1. The van der Waals surface area contributed by atoms with Crippen molar-refractivity contribution in [1.29, 1.82) is 0 Å². The van der Waals surface area contributed by atoms with Gasteiger partial charge >= 0.3 is 0 Å². The Morgan fingerprint density at radius 1 is 1.35 bits per heavy atom. The molecule has 8 heteroatoms. The van der Waals surface area contributed by atoms with Gasteiger partial charge in [-0.15, -0.1) is 0 Å². The lowest BCUT2D eigenvalue weighted by molar-refractivity contribution is 0.0824. The standard InChI is InChI=1S/C18H20ClFN4O2/c1-26-15(12-4-6-13(20)7-5-12)11-21-17(25)16-14(19)10-22-18(23-16)24-8-2-3-9-24/h4-7,10,15H,2-3,8-9,11H2,1H3,(H,21,25). The van der Waals surface area contributed by atoms with Gasteiger partial charge in [0.05, 0.1) is 17.3 Å². The zero-order valence-electron chi connectivity index (χ0n) is 14.4. The van der Waals surface area contributed by atoms with Gasteiger partial charge < -0.3 is 15.0 Å². The summed E-state index contributed by atoms with van der Waals surface area (Å²) in [5, 5.41) is 2.97. The van der Waals surface area contributed by atoms with Gasteiger partial charge in [-0.3, -0.25) is 4.79 Å². The molecule has 0 saturated carbocycles. The number of nitrogens with zero attached hydrogens (tertiary/aromatic N) is 3. The van der Waals surface area contributed by atoms with E-state index in [2.05, 4.69) is 15.3 Å². The molecule has 138 valence electrons. The minimum Gasteiger partial charge on any atom is -0.375 e. The summed E-state index contributed by atoms with van der Waals surface area (Å²) in [6.45, 7) is 1.96. The van der Waals surface area contributed by atoms with Crippen molar-refractivity contribution in [2.45, 2.75) is 18.9 Å². The van der Waals surface area contributed by atoms with Crippen LogP contribution in [0.15, 0.2) is 30.5 Å². The highest BCUT2D eigenvalue weighted by atomic mass is 35.5. The number of amides is 1. The summed E-state index contributed by atoms with van der Waals surface area (Å²) in [6, 6.07) is 5.96. The number of ether oxygens (including phenoxy) is 1. The average molecular weight is 379 g/mol. The Labute approximate surface area is 156 Å². The molecule has 0 aliphatic carbocycles. The highest BCUT2D eigenvalue weighted by molar-refractivity contribution is 6.33. The largest absolute Gasteiger partial charge is 0.375 e. The lowest BCUT2D eigenvalue weighted by Gasteiger charge is -2.18. The summed E-state index contributed by atoms with van der Waals surface area (Å²) < 4.78 is 18.4. The fourth-order valence-electron chi connectivity index (χ4n) is 2.87. The molecule has 0 radical (unpaired) electrons. The number of anilines is 1. The molecule has 26 heavy (non-hydrogen) atoms. The maximum absolute atomic E-state index is 13.1. The summed E-state index contributed by atoms with van der Waals surface area (Å²) in [7, 11) is 1.53. The smallest absolute Gasteiger partial charge is 0.271 e. The van der Waals surface area contributed by atoms with E-state index in [1.54, 1.807) is 12.1 Å². The predicted molar refractivity (Wildman–Crippen MR) is 97.0 cm³/mol. The normalized spacial score (nSPS) is 15.1. The molecule has 0 bridgehead atoms. The van der Waals surface area contributed by atoms with Crippen LogP contribution in [0.2, 0.25) is 5.02 Å². The average Bonchev–Trinajstić information content (AvgIpc) is 3.18. The molecule has 1 saturated heterocycles. The van der Waals surface area contributed by atoms with E-state index in [9.17, 15) is 9.18 Å². The van der Waals surface area contributed by atoms with Gasteiger partial charge in [0.25, 0.3) is 5.91 Å². The van der Waals surface area contributed by atoms with Gasteiger partial charge in [0.2, 0.25) is 5.95 Å². The van der Waals surface area contributed by atoms with E-state index >= 15 is 0 Å². The molecule has 3 rings (SSSR count). The molecular weight excluding hydrogens is 359 g/mol. The number of nitrogens with one attached hydrogen (secondary N) is 1. The minimum absolute atomic E-state index is 0.137. The highest BCUT2D eigenvalue weighted by Crippen LogP contribution is 2.20. The molecule has 1 aliphatic heterocycles. The molecule has 1 unspecified atom stereocenters. The third kappa shape index (κ3) is 4.28. The second-order valence-electron chi connectivity index (χ2n) is 6.05. The summed E-state index contributed by atoms with van der Waals surface area (Å²) in [6.07, 6.45) is 3.21. The number of hydrogen-bond donors (Lipinski definition) is 1. The maximum atomic E-state index is 13.1. The molecular formula is C18H20ClFN4O2. The van der Waals surface area contributed by atoms with E-state index in [0.29, 0.717) is 5.95 Å². The first-order valence-corrected chi connectivity index (χ1v) is 8.80. The van der Waals surface area contributed by atoms with E-state index in [1.165, 1.54) is 25.4 Å². The van der Waals surface area contributed by atoms with Crippen LogP contribution >= 0.6 is 11.6 Å². The van der Waals surface area contributed by atoms with Gasteiger partial charge in [-0.25, -0.2) is 14.4 Å². The third-order valence-corrected chi connectivity index (χ3v) is 4.59. The van der Waals surface area contributed by atoms with Crippen LogP contribution in [0.5, 0.6) is 0 Å². The van der Waals surface area contributed by atoms with Crippen LogP contribution in [0, 0.1) is 5.82 Å². The zero-order valence-corrected chi connectivity index (χ0v) is 15.2. The topological polar surface area (TPSA) is 67.3 Å². The number of benzene rings is 1. The first-order chi connectivity index (χ1) is 12.6. The van der Waals surface area contributed by atoms with Crippen molar-refractivity contribution in [3.8, 4) is 0 Å². The van der Waals surface area contributed by atoms with Crippen molar-refractivity contribution < 1.29 is 13.9 Å². The van der Waals surface area contributed by atoms with Crippen LogP contribution in [0.4, 0.5) is 10.3 Å². The first-order valence-electron chi connectivity index (χ1n) is 8.42. The molecule has 1 amide bonds. The van der Waals surface area contributed by atoms with Crippen LogP contribution < -0.4 is 10.2 Å². The number of halogens is 2. The number of carbonyl (C=O) groups excluding carboxylic acids is 1. The predicted octanol–water partition coefficient (Wildman–Crippen LogP) is 2.99. The summed E-state index contributed by atoms with van der Waals surface area (Å²) in [5.74, 6) is -0.212. The third-order valence-electron chi connectivity index (χ3n) is 4.31. The molecule has 1 fully saturated rings. The highest BCUT2D eigenvalue weighted by Gasteiger charge is 2.20. The minimum atomic E-state index is -0.404. The van der Waals surface area contributed by atoms with Crippen molar-refractivity contribution in [3.05, 3.63) is 52.6 Å². The van der Waals surface area contributed by atoms with E-state index in [1.807, 2.05) is 4.90 Å². The maximum Gasteiger partial charge on any atom is 0.271 e.